The van der Waals surface area contributed by atoms with Crippen LogP contribution in [0.15, 0.2) is 0 Å². The van der Waals surface area contributed by atoms with Gasteiger partial charge in [-0.25, -0.2) is 4.79 Å². The summed E-state index contributed by atoms with van der Waals surface area (Å²) >= 11 is 0. The monoisotopic (exact) mass is 249 g/mol. The van der Waals surface area contributed by atoms with Gasteiger partial charge in [-0.3, -0.25) is 0 Å². The maximum atomic E-state index is 12.2. The molecule has 0 radical (unpaired) electrons. The van der Waals surface area contributed by atoms with E-state index in [0.717, 1.165) is 62.9 Å². The third kappa shape index (κ3) is 1.74. The summed E-state index contributed by atoms with van der Waals surface area (Å²) in [4.78, 5) is 14.1. The van der Waals surface area contributed by atoms with Crippen LogP contribution < -0.4 is 0 Å². The first-order chi connectivity index (χ1) is 8.72. The van der Waals surface area contributed by atoms with Crippen molar-refractivity contribution in [2.75, 3.05) is 13.1 Å². The van der Waals surface area contributed by atoms with Gasteiger partial charge < -0.3 is 9.64 Å². The summed E-state index contributed by atoms with van der Waals surface area (Å²) in [6.07, 6.45) is 9.94. The highest BCUT2D eigenvalue weighted by Gasteiger charge is 2.53. The molecule has 4 bridgehead atoms. The van der Waals surface area contributed by atoms with Gasteiger partial charge in [0.2, 0.25) is 0 Å². The second-order valence-corrected chi connectivity index (χ2v) is 7.16. The number of amides is 1. The Morgan fingerprint density at radius 3 is 1.94 bits per heavy atom. The molecule has 5 rings (SSSR count). The van der Waals surface area contributed by atoms with Crippen molar-refractivity contribution in [2.24, 2.45) is 17.8 Å². The Labute approximate surface area is 109 Å². The van der Waals surface area contributed by atoms with E-state index in [-0.39, 0.29) is 11.7 Å². The first-order valence-electron chi connectivity index (χ1n) is 7.70. The average Bonchev–Trinajstić information content (AvgIpc) is 2.79. The van der Waals surface area contributed by atoms with Crippen LogP contribution in [0.3, 0.4) is 0 Å². The number of hydrogen-bond donors (Lipinski definition) is 0. The van der Waals surface area contributed by atoms with Gasteiger partial charge in [-0.1, -0.05) is 0 Å². The highest BCUT2D eigenvalue weighted by Crippen LogP contribution is 2.57. The van der Waals surface area contributed by atoms with Crippen LogP contribution in [0.4, 0.5) is 4.79 Å². The fourth-order valence-electron chi connectivity index (χ4n) is 5.31. The highest BCUT2D eigenvalue weighted by atomic mass is 16.6. The quantitative estimate of drug-likeness (QED) is 0.714. The number of hydrogen-bond acceptors (Lipinski definition) is 2. The van der Waals surface area contributed by atoms with Gasteiger partial charge in [0.1, 0.15) is 5.60 Å². The number of ether oxygens (including phenoxy) is 1. The molecular weight excluding hydrogens is 226 g/mol. The molecule has 0 unspecified atom stereocenters. The molecule has 18 heavy (non-hydrogen) atoms. The molecule has 0 aromatic carbocycles. The molecule has 0 aromatic rings. The van der Waals surface area contributed by atoms with Crippen LogP contribution in [0.2, 0.25) is 0 Å². The molecular formula is C15H23NO2. The third-order valence-electron chi connectivity index (χ3n) is 5.65. The fraction of sp³-hybridized carbons (Fsp3) is 0.933. The van der Waals surface area contributed by atoms with E-state index >= 15 is 0 Å². The third-order valence-corrected chi connectivity index (χ3v) is 5.65. The molecule has 0 N–H and O–H groups in total. The summed E-state index contributed by atoms with van der Waals surface area (Å²) in [5.74, 6) is 2.55. The van der Waals surface area contributed by atoms with E-state index in [4.69, 9.17) is 4.74 Å². The Morgan fingerprint density at radius 2 is 1.44 bits per heavy atom. The van der Waals surface area contributed by atoms with Crippen molar-refractivity contribution in [1.29, 1.82) is 0 Å². The number of likely N-dealkylation sites (tertiary alicyclic amines) is 1. The summed E-state index contributed by atoms with van der Waals surface area (Å²) < 4.78 is 6.02. The molecule has 1 heterocycles. The van der Waals surface area contributed by atoms with Crippen molar-refractivity contribution < 1.29 is 9.53 Å². The van der Waals surface area contributed by atoms with E-state index in [1.165, 1.54) is 19.3 Å². The Kier molecular flexibility index (Phi) is 2.40. The lowest BCUT2D eigenvalue weighted by atomic mass is 9.54. The zero-order valence-electron chi connectivity index (χ0n) is 11.1. The van der Waals surface area contributed by atoms with Crippen LogP contribution in [-0.4, -0.2) is 29.7 Å². The Balaban J connectivity index is 1.48. The summed E-state index contributed by atoms with van der Waals surface area (Å²) in [7, 11) is 0. The summed E-state index contributed by atoms with van der Waals surface area (Å²) in [5.41, 5.74) is -0.0611. The zero-order chi connectivity index (χ0) is 12.2. The minimum absolute atomic E-state index is 0.0190. The molecule has 1 aliphatic heterocycles. The van der Waals surface area contributed by atoms with Crippen LogP contribution >= 0.6 is 0 Å². The second kappa shape index (κ2) is 3.88. The van der Waals surface area contributed by atoms with Crippen molar-refractivity contribution in [3.05, 3.63) is 0 Å². The Hall–Kier alpha value is -0.730. The molecule has 0 spiro atoms. The van der Waals surface area contributed by atoms with Gasteiger partial charge in [-0.05, 0) is 69.1 Å². The summed E-state index contributed by atoms with van der Waals surface area (Å²) in [5, 5.41) is 0. The lowest BCUT2D eigenvalue weighted by molar-refractivity contribution is -0.132. The standard InChI is InChI=1S/C15H23NO2/c17-14(16-3-1-2-4-16)18-15-8-11-5-12(9-15)7-13(6-11)10-15/h11-13H,1-10H2. The Bertz CT molecular complexity index is 324. The SMILES string of the molecule is O=C(OC12CC3CC(CC(C3)C1)C2)N1CCCC1. The van der Waals surface area contributed by atoms with Gasteiger partial charge in [0, 0.05) is 13.1 Å². The topological polar surface area (TPSA) is 29.5 Å². The van der Waals surface area contributed by atoms with Crippen molar-refractivity contribution in [3.8, 4) is 0 Å². The molecule has 0 aromatic heterocycles. The van der Waals surface area contributed by atoms with E-state index in [2.05, 4.69) is 0 Å². The second-order valence-electron chi connectivity index (χ2n) is 7.16. The zero-order valence-corrected chi connectivity index (χ0v) is 11.1. The van der Waals surface area contributed by atoms with Gasteiger partial charge in [-0.2, -0.15) is 0 Å². The molecule has 3 heteroatoms. The molecule has 0 atom stereocenters. The number of carbonyl (C=O) groups is 1. The van der Waals surface area contributed by atoms with Gasteiger partial charge in [-0.15, -0.1) is 0 Å². The van der Waals surface area contributed by atoms with Crippen molar-refractivity contribution in [1.82, 2.24) is 4.90 Å². The first-order valence-corrected chi connectivity index (χ1v) is 7.70. The van der Waals surface area contributed by atoms with E-state index in [1.807, 2.05) is 4.90 Å². The normalized spacial score (nSPS) is 45.6. The van der Waals surface area contributed by atoms with Crippen LogP contribution in [0, 0.1) is 17.8 Å². The molecule has 1 amide bonds. The van der Waals surface area contributed by atoms with E-state index < -0.39 is 0 Å². The summed E-state index contributed by atoms with van der Waals surface area (Å²) in [6.45, 7) is 1.82. The van der Waals surface area contributed by atoms with Crippen molar-refractivity contribution >= 4 is 6.09 Å². The molecule has 4 saturated carbocycles. The predicted octanol–water partition coefficient (Wildman–Crippen LogP) is 3.19. The minimum Gasteiger partial charge on any atom is -0.443 e. The van der Waals surface area contributed by atoms with Gasteiger partial charge >= 0.3 is 6.09 Å². The lowest BCUT2D eigenvalue weighted by Crippen LogP contribution is -2.53. The van der Waals surface area contributed by atoms with E-state index in [9.17, 15) is 4.79 Å². The molecule has 5 fully saturated rings. The predicted molar refractivity (Wildman–Crippen MR) is 68.2 cm³/mol. The molecule has 1 saturated heterocycles. The van der Waals surface area contributed by atoms with Crippen LogP contribution in [0.25, 0.3) is 0 Å². The number of carbonyl (C=O) groups excluding carboxylic acids is 1. The van der Waals surface area contributed by atoms with Gasteiger partial charge in [0.15, 0.2) is 0 Å². The lowest BCUT2D eigenvalue weighted by Gasteiger charge is -2.55. The maximum absolute atomic E-state index is 12.2. The average molecular weight is 249 g/mol. The fourth-order valence-corrected chi connectivity index (χ4v) is 5.31. The molecule has 5 aliphatic rings. The molecule has 100 valence electrons. The van der Waals surface area contributed by atoms with Crippen molar-refractivity contribution in [2.45, 2.75) is 57.0 Å². The Morgan fingerprint density at radius 1 is 0.944 bits per heavy atom. The van der Waals surface area contributed by atoms with Gasteiger partial charge in [0.25, 0.3) is 0 Å². The smallest absolute Gasteiger partial charge is 0.410 e. The maximum Gasteiger partial charge on any atom is 0.410 e. The first kappa shape index (κ1) is 11.1. The number of rotatable bonds is 1. The largest absolute Gasteiger partial charge is 0.443 e. The number of nitrogens with zero attached hydrogens (tertiary/aromatic N) is 1. The van der Waals surface area contributed by atoms with E-state index in [1.54, 1.807) is 0 Å². The summed E-state index contributed by atoms with van der Waals surface area (Å²) in [6, 6.07) is 0. The van der Waals surface area contributed by atoms with Gasteiger partial charge in [0.05, 0.1) is 0 Å². The van der Waals surface area contributed by atoms with Crippen LogP contribution in [-0.2, 0) is 4.74 Å². The highest BCUT2D eigenvalue weighted by molar-refractivity contribution is 5.68. The van der Waals surface area contributed by atoms with Crippen molar-refractivity contribution in [3.63, 3.8) is 0 Å². The molecule has 3 nitrogen and oxygen atoms in total. The molecule has 4 aliphatic carbocycles. The minimum atomic E-state index is -0.0611. The van der Waals surface area contributed by atoms with Crippen LogP contribution in [0.5, 0.6) is 0 Å². The van der Waals surface area contributed by atoms with E-state index in [0.29, 0.717) is 0 Å². The van der Waals surface area contributed by atoms with Crippen LogP contribution in [0.1, 0.15) is 51.4 Å².